The van der Waals surface area contributed by atoms with Crippen LogP contribution in [0, 0.1) is 0 Å². The van der Waals surface area contributed by atoms with Crippen LogP contribution < -0.4 is 10.6 Å². The van der Waals surface area contributed by atoms with Crippen molar-refractivity contribution in [3.05, 3.63) is 47.5 Å². The maximum atomic E-state index is 6.26. The standard InChI is InChI=1S/C18H26N6S/c1-22(2)16(15-6-4-3-5-7-15)14-21-17(19)23-9-11-24(12-10-23)18-20-8-13-25-18/h3-8,13,16H,9-12,14H2,1-2H3,(H2,19,21). The van der Waals surface area contributed by atoms with Crippen LogP contribution in [0.2, 0.25) is 0 Å². The Morgan fingerprint density at radius 3 is 2.56 bits per heavy atom. The summed E-state index contributed by atoms with van der Waals surface area (Å²) in [5, 5.41) is 3.11. The molecule has 7 heteroatoms. The van der Waals surface area contributed by atoms with Crippen molar-refractivity contribution in [1.82, 2.24) is 14.8 Å². The predicted molar refractivity (Wildman–Crippen MR) is 105 cm³/mol. The van der Waals surface area contributed by atoms with Gasteiger partial charge in [0, 0.05) is 37.8 Å². The average molecular weight is 359 g/mol. The van der Waals surface area contributed by atoms with E-state index in [0.717, 1.165) is 31.3 Å². The lowest BCUT2D eigenvalue weighted by molar-refractivity contribution is 0.304. The summed E-state index contributed by atoms with van der Waals surface area (Å²) in [6.07, 6.45) is 1.85. The number of aromatic nitrogens is 1. The maximum absolute atomic E-state index is 6.26. The Kier molecular flexibility index (Phi) is 5.88. The van der Waals surface area contributed by atoms with Gasteiger partial charge in [-0.05, 0) is 19.7 Å². The number of thiazole rings is 1. The van der Waals surface area contributed by atoms with Gasteiger partial charge < -0.3 is 20.4 Å². The molecule has 1 fully saturated rings. The van der Waals surface area contributed by atoms with Crippen molar-refractivity contribution in [3.63, 3.8) is 0 Å². The first-order valence-electron chi connectivity index (χ1n) is 8.56. The Hall–Kier alpha value is -2.12. The summed E-state index contributed by atoms with van der Waals surface area (Å²) in [6, 6.07) is 10.7. The van der Waals surface area contributed by atoms with Gasteiger partial charge >= 0.3 is 0 Å². The summed E-state index contributed by atoms with van der Waals surface area (Å²) in [7, 11) is 4.16. The zero-order valence-corrected chi connectivity index (χ0v) is 15.7. The SMILES string of the molecule is CN(C)C(CN=C(N)N1CCN(c2nccs2)CC1)c1ccccc1. The molecular formula is C18H26N6S. The number of rotatable bonds is 5. The van der Waals surface area contributed by atoms with E-state index in [9.17, 15) is 0 Å². The molecule has 1 aromatic carbocycles. The van der Waals surface area contributed by atoms with Crippen molar-refractivity contribution in [2.75, 3.05) is 51.7 Å². The minimum atomic E-state index is 0.233. The van der Waals surface area contributed by atoms with E-state index < -0.39 is 0 Å². The molecule has 1 saturated heterocycles. The highest BCUT2D eigenvalue weighted by atomic mass is 32.1. The molecule has 0 amide bonds. The Labute approximate surface area is 153 Å². The van der Waals surface area contributed by atoms with Crippen molar-refractivity contribution >= 4 is 22.4 Å². The molecule has 25 heavy (non-hydrogen) atoms. The molecule has 0 spiro atoms. The van der Waals surface area contributed by atoms with Crippen molar-refractivity contribution in [2.45, 2.75) is 6.04 Å². The highest BCUT2D eigenvalue weighted by Crippen LogP contribution is 2.20. The van der Waals surface area contributed by atoms with Crippen molar-refractivity contribution in [3.8, 4) is 0 Å². The van der Waals surface area contributed by atoms with E-state index in [2.05, 4.69) is 63.0 Å². The molecule has 2 N–H and O–H groups in total. The first-order valence-corrected chi connectivity index (χ1v) is 9.44. The highest BCUT2D eigenvalue weighted by Gasteiger charge is 2.20. The van der Waals surface area contributed by atoms with E-state index >= 15 is 0 Å². The topological polar surface area (TPSA) is 61.0 Å². The number of benzene rings is 1. The largest absolute Gasteiger partial charge is 0.370 e. The maximum Gasteiger partial charge on any atom is 0.191 e. The van der Waals surface area contributed by atoms with Crippen LogP contribution >= 0.6 is 11.3 Å². The second-order valence-corrected chi connectivity index (χ2v) is 7.25. The second-order valence-electron chi connectivity index (χ2n) is 6.38. The molecule has 3 rings (SSSR count). The summed E-state index contributed by atoms with van der Waals surface area (Å²) in [4.78, 5) is 15.7. The minimum absolute atomic E-state index is 0.233. The van der Waals surface area contributed by atoms with E-state index in [4.69, 9.17) is 5.73 Å². The molecule has 1 aromatic heterocycles. The number of piperazine rings is 1. The number of likely N-dealkylation sites (N-methyl/N-ethyl adjacent to an activating group) is 1. The van der Waals surface area contributed by atoms with Gasteiger partial charge in [-0.1, -0.05) is 30.3 Å². The molecule has 6 nitrogen and oxygen atoms in total. The smallest absolute Gasteiger partial charge is 0.191 e. The van der Waals surface area contributed by atoms with Gasteiger partial charge in [0.2, 0.25) is 0 Å². The summed E-state index contributed by atoms with van der Waals surface area (Å²) in [6.45, 7) is 4.29. The van der Waals surface area contributed by atoms with Crippen LogP contribution in [0.1, 0.15) is 11.6 Å². The zero-order valence-electron chi connectivity index (χ0n) is 14.9. The van der Waals surface area contributed by atoms with Crippen LogP contribution in [0.3, 0.4) is 0 Å². The molecule has 1 unspecified atom stereocenters. The zero-order chi connectivity index (χ0) is 17.6. The van der Waals surface area contributed by atoms with Gasteiger partial charge in [-0.2, -0.15) is 0 Å². The number of anilines is 1. The molecule has 1 aliphatic rings. The quantitative estimate of drug-likeness (QED) is 0.653. The van der Waals surface area contributed by atoms with Crippen LogP contribution in [0.5, 0.6) is 0 Å². The third-order valence-electron chi connectivity index (χ3n) is 4.53. The van der Waals surface area contributed by atoms with Crippen LogP contribution in [0.15, 0.2) is 46.9 Å². The number of nitrogens with two attached hydrogens (primary N) is 1. The van der Waals surface area contributed by atoms with Gasteiger partial charge in [-0.3, -0.25) is 4.99 Å². The number of guanidine groups is 1. The molecule has 2 aromatic rings. The summed E-state index contributed by atoms with van der Waals surface area (Å²) in [5.74, 6) is 0.640. The van der Waals surface area contributed by atoms with Crippen molar-refractivity contribution in [1.29, 1.82) is 0 Å². The fourth-order valence-corrected chi connectivity index (χ4v) is 3.72. The van der Waals surface area contributed by atoms with E-state index in [0.29, 0.717) is 12.5 Å². The number of aliphatic imine (C=N–C) groups is 1. The fourth-order valence-electron chi connectivity index (χ4n) is 3.02. The Morgan fingerprint density at radius 1 is 1.24 bits per heavy atom. The lowest BCUT2D eigenvalue weighted by Gasteiger charge is -2.35. The lowest BCUT2D eigenvalue weighted by Crippen LogP contribution is -2.51. The second kappa shape index (κ2) is 8.31. The van der Waals surface area contributed by atoms with Crippen LogP contribution in [0.25, 0.3) is 0 Å². The summed E-state index contributed by atoms with van der Waals surface area (Å²) in [5.41, 5.74) is 7.53. The third-order valence-corrected chi connectivity index (χ3v) is 5.36. The lowest BCUT2D eigenvalue weighted by atomic mass is 10.1. The van der Waals surface area contributed by atoms with Crippen LogP contribution in [-0.4, -0.2) is 67.6 Å². The van der Waals surface area contributed by atoms with Gasteiger partial charge in [0.25, 0.3) is 0 Å². The molecule has 1 aliphatic heterocycles. The monoisotopic (exact) mass is 358 g/mol. The van der Waals surface area contributed by atoms with E-state index in [-0.39, 0.29) is 6.04 Å². The third kappa shape index (κ3) is 4.49. The van der Waals surface area contributed by atoms with Crippen LogP contribution in [-0.2, 0) is 0 Å². The van der Waals surface area contributed by atoms with Crippen molar-refractivity contribution in [2.24, 2.45) is 10.7 Å². The molecular weight excluding hydrogens is 332 g/mol. The molecule has 0 bridgehead atoms. The average Bonchev–Trinajstić information content (AvgIpc) is 3.17. The normalized spacial score (nSPS) is 17.2. The number of nitrogens with zero attached hydrogens (tertiary/aromatic N) is 5. The Balaban J connectivity index is 1.58. The minimum Gasteiger partial charge on any atom is -0.370 e. The van der Waals surface area contributed by atoms with Gasteiger partial charge in [0.1, 0.15) is 0 Å². The molecule has 0 saturated carbocycles. The molecule has 0 aliphatic carbocycles. The Morgan fingerprint density at radius 2 is 1.96 bits per heavy atom. The fraction of sp³-hybridized carbons (Fsp3) is 0.444. The van der Waals surface area contributed by atoms with Gasteiger partial charge in [0.05, 0.1) is 12.6 Å². The summed E-state index contributed by atoms with van der Waals surface area (Å²) < 4.78 is 0. The van der Waals surface area contributed by atoms with E-state index in [1.165, 1.54) is 5.56 Å². The number of hydrogen-bond donors (Lipinski definition) is 1. The summed E-state index contributed by atoms with van der Waals surface area (Å²) >= 11 is 1.68. The molecule has 1 atom stereocenters. The highest BCUT2D eigenvalue weighted by molar-refractivity contribution is 7.13. The van der Waals surface area contributed by atoms with Crippen molar-refractivity contribution < 1.29 is 0 Å². The first kappa shape index (κ1) is 17.7. The Bertz CT molecular complexity index is 662. The predicted octanol–water partition coefficient (Wildman–Crippen LogP) is 1.88. The molecule has 2 heterocycles. The van der Waals surface area contributed by atoms with E-state index in [1.54, 1.807) is 11.3 Å². The molecule has 0 radical (unpaired) electrons. The van der Waals surface area contributed by atoms with Gasteiger partial charge in [0.15, 0.2) is 11.1 Å². The van der Waals surface area contributed by atoms with Gasteiger partial charge in [-0.25, -0.2) is 4.98 Å². The first-order chi connectivity index (χ1) is 12.1. The number of hydrogen-bond acceptors (Lipinski definition) is 5. The van der Waals surface area contributed by atoms with Crippen LogP contribution in [0.4, 0.5) is 5.13 Å². The van der Waals surface area contributed by atoms with Gasteiger partial charge in [-0.15, -0.1) is 11.3 Å². The molecule has 134 valence electrons. The van der Waals surface area contributed by atoms with E-state index in [1.807, 2.05) is 17.6 Å².